The predicted molar refractivity (Wildman–Crippen MR) is 88.9 cm³/mol. The molecule has 1 heterocycles. The van der Waals surface area contributed by atoms with Gasteiger partial charge in [-0.25, -0.2) is 0 Å². The Morgan fingerprint density at radius 3 is 2.86 bits per heavy atom. The highest BCUT2D eigenvalue weighted by Gasteiger charge is 2.14. The molecule has 6 nitrogen and oxygen atoms in total. The number of aromatic nitrogens is 2. The number of carbonyl (C=O) groups is 1. The molecule has 22 heavy (non-hydrogen) atoms. The van der Waals surface area contributed by atoms with Crippen molar-refractivity contribution in [3.05, 3.63) is 34.8 Å². The first-order valence-electron chi connectivity index (χ1n) is 6.84. The molecule has 0 spiro atoms. The maximum absolute atomic E-state index is 12.3. The number of anilines is 2. The van der Waals surface area contributed by atoms with Gasteiger partial charge in [-0.1, -0.05) is 30.4 Å². The van der Waals surface area contributed by atoms with Crippen LogP contribution in [0.5, 0.6) is 0 Å². The molecule has 0 aliphatic carbocycles. The zero-order valence-corrected chi connectivity index (χ0v) is 13.6. The number of para-hydroxylation sites is 1. The Kier molecular flexibility index (Phi) is 6.11. The van der Waals surface area contributed by atoms with E-state index >= 15 is 0 Å². The third-order valence-electron chi connectivity index (χ3n) is 2.87. The highest BCUT2D eigenvalue weighted by Crippen LogP contribution is 2.20. The van der Waals surface area contributed by atoms with Crippen LogP contribution >= 0.6 is 22.9 Å². The van der Waals surface area contributed by atoms with Gasteiger partial charge >= 0.3 is 0 Å². The molecule has 0 aliphatic rings. The summed E-state index contributed by atoms with van der Waals surface area (Å²) in [6.07, 6.45) is 0.107. The van der Waals surface area contributed by atoms with Gasteiger partial charge in [0.05, 0.1) is 17.5 Å². The molecule has 1 unspecified atom stereocenters. The Balaban J connectivity index is 2.08. The Labute approximate surface area is 137 Å². The van der Waals surface area contributed by atoms with E-state index in [0.717, 1.165) is 11.4 Å². The van der Waals surface area contributed by atoms with Crippen molar-refractivity contribution in [2.24, 2.45) is 0 Å². The number of hydrogen-bond acceptors (Lipinski definition) is 6. The lowest BCUT2D eigenvalue weighted by molar-refractivity contribution is 0.102. The number of nitrogens with one attached hydrogen (secondary N) is 2. The topological polar surface area (TPSA) is 87.1 Å². The van der Waals surface area contributed by atoms with E-state index in [4.69, 9.17) is 11.6 Å². The number of rotatable bonds is 7. The maximum Gasteiger partial charge on any atom is 0.259 e. The lowest BCUT2D eigenvalue weighted by atomic mass is 10.1. The number of aryl methyl sites for hydroxylation is 1. The van der Waals surface area contributed by atoms with Gasteiger partial charge in [0, 0.05) is 12.2 Å². The quantitative estimate of drug-likeness (QED) is 0.673. The fourth-order valence-corrected chi connectivity index (χ4v) is 2.51. The second-order valence-corrected chi connectivity index (χ2v) is 5.91. The van der Waals surface area contributed by atoms with Crippen LogP contribution in [0, 0.1) is 0 Å². The minimum absolute atomic E-state index is 0.131. The summed E-state index contributed by atoms with van der Waals surface area (Å²) in [5.74, 6) is -0.145. The van der Waals surface area contributed by atoms with Crippen molar-refractivity contribution in [3.63, 3.8) is 0 Å². The van der Waals surface area contributed by atoms with E-state index in [9.17, 15) is 9.90 Å². The molecule has 1 amide bonds. The zero-order chi connectivity index (χ0) is 15.9. The first kappa shape index (κ1) is 16.7. The number of aliphatic hydroxyl groups excluding tert-OH is 1. The molecule has 0 bridgehead atoms. The average molecular weight is 341 g/mol. The van der Waals surface area contributed by atoms with Crippen LogP contribution in [-0.4, -0.2) is 39.7 Å². The van der Waals surface area contributed by atoms with Crippen molar-refractivity contribution in [1.82, 2.24) is 10.2 Å². The molecule has 0 saturated carbocycles. The monoisotopic (exact) mass is 340 g/mol. The van der Waals surface area contributed by atoms with Crippen LogP contribution in [0.4, 0.5) is 10.8 Å². The number of alkyl halides is 1. The van der Waals surface area contributed by atoms with E-state index in [1.165, 1.54) is 11.3 Å². The van der Waals surface area contributed by atoms with Crippen LogP contribution in [0.2, 0.25) is 0 Å². The molecule has 118 valence electrons. The Bertz CT molecular complexity index is 635. The van der Waals surface area contributed by atoms with Gasteiger partial charge in [0.1, 0.15) is 5.01 Å². The molecule has 0 radical (unpaired) electrons. The normalized spacial score (nSPS) is 12.0. The summed E-state index contributed by atoms with van der Waals surface area (Å²) in [4.78, 5) is 12.3. The standard InChI is InChI=1S/C14H17ClN4O2S/c1-2-12-18-19-14(22-12)17-13(21)10-5-3-4-6-11(10)16-8-9(20)7-15/h3-6,9,16,20H,2,7-8H2,1H3,(H,17,19,21). The van der Waals surface area contributed by atoms with Gasteiger partial charge in [-0.2, -0.15) is 0 Å². The number of halogens is 1. The smallest absolute Gasteiger partial charge is 0.259 e. The summed E-state index contributed by atoms with van der Waals surface area (Å²) in [6.45, 7) is 2.25. The summed E-state index contributed by atoms with van der Waals surface area (Å²) in [5, 5.41) is 24.5. The minimum Gasteiger partial charge on any atom is -0.390 e. The first-order chi connectivity index (χ1) is 10.6. The number of nitrogens with zero attached hydrogens (tertiary/aromatic N) is 2. The molecular weight excluding hydrogens is 324 g/mol. The van der Waals surface area contributed by atoms with E-state index in [1.54, 1.807) is 18.2 Å². The fourth-order valence-electron chi connectivity index (χ4n) is 1.73. The van der Waals surface area contributed by atoms with Gasteiger partial charge in [0.15, 0.2) is 0 Å². The first-order valence-corrected chi connectivity index (χ1v) is 8.19. The molecule has 0 fully saturated rings. The Morgan fingerprint density at radius 1 is 1.41 bits per heavy atom. The summed E-state index contributed by atoms with van der Waals surface area (Å²) >= 11 is 6.91. The van der Waals surface area contributed by atoms with Gasteiger partial charge < -0.3 is 10.4 Å². The molecule has 1 aromatic heterocycles. The molecule has 3 N–H and O–H groups in total. The molecular formula is C14H17ClN4O2S. The van der Waals surface area contributed by atoms with Crippen LogP contribution in [-0.2, 0) is 6.42 Å². The van der Waals surface area contributed by atoms with Crippen LogP contribution in [0.3, 0.4) is 0 Å². The van der Waals surface area contributed by atoms with Crippen LogP contribution in [0.25, 0.3) is 0 Å². The van der Waals surface area contributed by atoms with Crippen molar-refractivity contribution >= 4 is 39.7 Å². The predicted octanol–water partition coefficient (Wildman–Crippen LogP) is 2.36. The summed E-state index contributed by atoms with van der Waals surface area (Å²) < 4.78 is 0. The molecule has 2 aromatic rings. The number of amides is 1. The highest BCUT2D eigenvalue weighted by atomic mass is 35.5. The number of benzene rings is 1. The molecule has 1 atom stereocenters. The largest absolute Gasteiger partial charge is 0.390 e. The minimum atomic E-state index is -0.673. The Morgan fingerprint density at radius 2 is 2.18 bits per heavy atom. The molecule has 2 rings (SSSR count). The van der Waals surface area contributed by atoms with E-state index in [1.807, 2.05) is 13.0 Å². The van der Waals surface area contributed by atoms with E-state index in [2.05, 4.69) is 20.8 Å². The van der Waals surface area contributed by atoms with Gasteiger partial charge in [-0.3, -0.25) is 10.1 Å². The summed E-state index contributed by atoms with van der Waals surface area (Å²) in [6, 6.07) is 7.06. The second kappa shape index (κ2) is 8.07. The number of aliphatic hydroxyl groups is 1. The highest BCUT2D eigenvalue weighted by molar-refractivity contribution is 7.15. The Hall–Kier alpha value is -1.70. The lowest BCUT2D eigenvalue weighted by Gasteiger charge is -2.13. The van der Waals surface area contributed by atoms with Gasteiger partial charge in [-0.15, -0.1) is 21.8 Å². The summed E-state index contributed by atoms with van der Waals surface area (Å²) in [5.41, 5.74) is 1.10. The molecule has 1 aromatic carbocycles. The van der Waals surface area contributed by atoms with Crippen molar-refractivity contribution in [2.75, 3.05) is 23.1 Å². The molecule has 8 heteroatoms. The third kappa shape index (κ3) is 4.40. The van der Waals surface area contributed by atoms with Crippen molar-refractivity contribution in [2.45, 2.75) is 19.4 Å². The fraction of sp³-hybridized carbons (Fsp3) is 0.357. The molecule has 0 aliphatic heterocycles. The number of hydrogen-bond donors (Lipinski definition) is 3. The van der Waals surface area contributed by atoms with Crippen molar-refractivity contribution in [3.8, 4) is 0 Å². The lowest BCUT2D eigenvalue weighted by Crippen LogP contribution is -2.22. The maximum atomic E-state index is 12.3. The van der Waals surface area contributed by atoms with Crippen LogP contribution in [0.1, 0.15) is 22.3 Å². The SMILES string of the molecule is CCc1nnc(NC(=O)c2ccccc2NCC(O)CCl)s1. The van der Waals surface area contributed by atoms with Crippen molar-refractivity contribution < 1.29 is 9.90 Å². The van der Waals surface area contributed by atoms with Gasteiger partial charge in [-0.05, 0) is 18.6 Å². The van der Waals surface area contributed by atoms with Gasteiger partial charge in [0.2, 0.25) is 5.13 Å². The molecule has 0 saturated heterocycles. The van der Waals surface area contributed by atoms with E-state index in [-0.39, 0.29) is 18.3 Å². The van der Waals surface area contributed by atoms with Crippen molar-refractivity contribution in [1.29, 1.82) is 0 Å². The van der Waals surface area contributed by atoms with Crippen LogP contribution < -0.4 is 10.6 Å². The zero-order valence-electron chi connectivity index (χ0n) is 12.0. The van der Waals surface area contributed by atoms with E-state index < -0.39 is 6.10 Å². The summed E-state index contributed by atoms with van der Waals surface area (Å²) in [7, 11) is 0. The van der Waals surface area contributed by atoms with Crippen LogP contribution in [0.15, 0.2) is 24.3 Å². The van der Waals surface area contributed by atoms with Gasteiger partial charge in [0.25, 0.3) is 5.91 Å². The second-order valence-electron chi connectivity index (χ2n) is 4.54. The average Bonchev–Trinajstić information content (AvgIpc) is 3.00. The van der Waals surface area contributed by atoms with E-state index in [0.29, 0.717) is 16.4 Å². The number of carbonyl (C=O) groups excluding carboxylic acids is 1. The third-order valence-corrected chi connectivity index (χ3v) is 4.21.